The van der Waals surface area contributed by atoms with Crippen molar-refractivity contribution in [3.63, 3.8) is 0 Å². The number of carbonyl (C=O) groups is 2. The molecule has 172 valence electrons. The molecule has 3 heterocycles. The van der Waals surface area contributed by atoms with Crippen LogP contribution in [0, 0.1) is 0 Å². The van der Waals surface area contributed by atoms with Crippen molar-refractivity contribution in [1.82, 2.24) is 15.3 Å². The molecule has 0 saturated carbocycles. The van der Waals surface area contributed by atoms with Crippen molar-refractivity contribution in [3.05, 3.63) is 49.2 Å². The first-order valence-electron chi connectivity index (χ1n) is 9.58. The molecule has 3 aromatic rings. The average molecular weight is 528 g/mol. The number of benzene rings is 1. The summed E-state index contributed by atoms with van der Waals surface area (Å²) in [6.07, 6.45) is 1.61. The van der Waals surface area contributed by atoms with Gasteiger partial charge in [0.1, 0.15) is 13.7 Å². The molecule has 1 aromatic carbocycles. The van der Waals surface area contributed by atoms with Gasteiger partial charge in [0.05, 0.1) is 29.7 Å². The number of cyclic esters (lactones) is 1. The summed E-state index contributed by atoms with van der Waals surface area (Å²) in [4.78, 5) is 34.2. The lowest BCUT2D eigenvalue weighted by Gasteiger charge is -2.17. The maximum absolute atomic E-state index is 12.2. The van der Waals surface area contributed by atoms with Gasteiger partial charge >= 0.3 is 6.09 Å². The fourth-order valence-corrected chi connectivity index (χ4v) is 4.96. The Morgan fingerprint density at radius 2 is 2.00 bits per heavy atom. The van der Waals surface area contributed by atoms with E-state index in [1.807, 2.05) is 12.1 Å². The average Bonchev–Trinajstić information content (AvgIpc) is 2.99. The number of nitrogens with zero attached hydrogens (tertiary/aromatic N) is 3. The van der Waals surface area contributed by atoms with Crippen molar-refractivity contribution in [3.8, 4) is 0 Å². The van der Waals surface area contributed by atoms with E-state index >= 15 is 0 Å². The second kappa shape index (κ2) is 9.60. The molecular formula is C20H17Cl3N6O3S. The third-order valence-electron chi connectivity index (χ3n) is 4.83. The molecule has 9 nitrogen and oxygen atoms in total. The van der Waals surface area contributed by atoms with Gasteiger partial charge in [-0.15, -0.1) is 11.3 Å². The molecule has 0 bridgehead atoms. The number of halogens is 3. The van der Waals surface area contributed by atoms with Gasteiger partial charge in [-0.3, -0.25) is 9.69 Å². The van der Waals surface area contributed by atoms with Gasteiger partial charge in [0, 0.05) is 26.2 Å². The highest BCUT2D eigenvalue weighted by Crippen LogP contribution is 2.42. The fraction of sp³-hybridized carbons (Fsp3) is 0.200. The van der Waals surface area contributed by atoms with E-state index in [1.54, 1.807) is 13.1 Å². The lowest BCUT2D eigenvalue weighted by atomic mass is 10.1. The molecule has 4 rings (SSSR count). The molecule has 0 unspecified atom stereocenters. The Balaban J connectivity index is 1.61. The number of anilines is 5. The topological polar surface area (TPSA) is 108 Å². The number of rotatable bonds is 5. The van der Waals surface area contributed by atoms with Gasteiger partial charge in [-0.2, -0.15) is 4.98 Å². The largest absolute Gasteiger partial charge is 0.449 e. The number of carbonyl (C=O) groups excluding carboxylic acids is 2. The zero-order valence-electron chi connectivity index (χ0n) is 17.3. The highest BCUT2D eigenvalue weighted by atomic mass is 35.5. The fourth-order valence-electron chi connectivity index (χ4n) is 3.21. The molecule has 0 aliphatic carbocycles. The Kier molecular flexibility index (Phi) is 6.80. The lowest BCUT2D eigenvalue weighted by molar-refractivity contribution is 0.0964. The van der Waals surface area contributed by atoms with Crippen molar-refractivity contribution in [1.29, 1.82) is 0 Å². The normalized spacial score (nSPS) is 13.1. The van der Waals surface area contributed by atoms with Gasteiger partial charge in [0.25, 0.3) is 5.91 Å². The summed E-state index contributed by atoms with van der Waals surface area (Å²) in [6.45, 7) is 0.294. The Labute approximate surface area is 208 Å². The van der Waals surface area contributed by atoms with Gasteiger partial charge in [0.2, 0.25) is 5.95 Å². The second-order valence-electron chi connectivity index (χ2n) is 6.89. The second-order valence-corrected chi connectivity index (χ2v) is 9.52. The number of ether oxygens (including phenoxy) is 1. The summed E-state index contributed by atoms with van der Waals surface area (Å²) in [5.41, 5.74) is 2.93. The van der Waals surface area contributed by atoms with E-state index in [4.69, 9.17) is 39.5 Å². The van der Waals surface area contributed by atoms with Crippen molar-refractivity contribution in [2.75, 3.05) is 36.2 Å². The van der Waals surface area contributed by atoms with E-state index in [-0.39, 0.29) is 31.0 Å². The van der Waals surface area contributed by atoms with E-state index in [1.165, 1.54) is 18.1 Å². The first-order chi connectivity index (χ1) is 15.8. The minimum atomic E-state index is -0.397. The van der Waals surface area contributed by atoms with Crippen LogP contribution in [0.3, 0.4) is 0 Å². The number of hydrogen-bond donors (Lipinski definition) is 3. The first kappa shape index (κ1) is 23.4. The Hall–Kier alpha value is -2.79. The predicted molar refractivity (Wildman–Crippen MR) is 131 cm³/mol. The lowest BCUT2D eigenvalue weighted by Crippen LogP contribution is -2.25. The van der Waals surface area contributed by atoms with Gasteiger partial charge in [-0.1, -0.05) is 34.8 Å². The van der Waals surface area contributed by atoms with Crippen LogP contribution in [0.15, 0.2) is 24.4 Å². The number of aromatic nitrogens is 2. The zero-order chi connectivity index (χ0) is 23.7. The maximum atomic E-state index is 12.2. The smallest absolute Gasteiger partial charge is 0.414 e. The van der Waals surface area contributed by atoms with Crippen LogP contribution in [-0.4, -0.2) is 42.7 Å². The van der Waals surface area contributed by atoms with Crippen LogP contribution in [0.2, 0.25) is 13.7 Å². The predicted octanol–water partition coefficient (Wildman–Crippen LogP) is 5.47. The summed E-state index contributed by atoms with van der Waals surface area (Å²) >= 11 is 19.8. The third-order valence-corrected chi connectivity index (χ3v) is 6.72. The van der Waals surface area contributed by atoms with Crippen LogP contribution in [0.5, 0.6) is 0 Å². The highest BCUT2D eigenvalue weighted by Gasteiger charge is 2.23. The molecule has 2 aromatic heterocycles. The maximum Gasteiger partial charge on any atom is 0.414 e. The molecule has 33 heavy (non-hydrogen) atoms. The zero-order valence-corrected chi connectivity index (χ0v) is 20.4. The van der Waals surface area contributed by atoms with E-state index in [0.29, 0.717) is 24.4 Å². The molecule has 2 amide bonds. The monoisotopic (exact) mass is 526 g/mol. The first-order valence-corrected chi connectivity index (χ1v) is 11.5. The standard InChI is InChI=1S/C20H17Cl3N6O3S/c1-24-18(30)13-14(16(23)33-15(13)22)27-17-11(21)8-25-19(28-17)26-10-3-4-12-9(7-10)5-6-32-20(31)29(12)2/h3-4,7-8H,5-6H2,1-2H3,(H,24,30)(H2,25,26,27,28). The minimum Gasteiger partial charge on any atom is -0.449 e. The van der Waals surface area contributed by atoms with Gasteiger partial charge in [-0.05, 0) is 23.8 Å². The molecule has 0 saturated heterocycles. The Bertz CT molecular complexity index is 1250. The molecule has 0 atom stereocenters. The molecular weight excluding hydrogens is 511 g/mol. The number of thiophene rings is 1. The van der Waals surface area contributed by atoms with Crippen molar-refractivity contribution in [2.24, 2.45) is 0 Å². The van der Waals surface area contributed by atoms with Crippen LogP contribution in [-0.2, 0) is 11.2 Å². The Morgan fingerprint density at radius 3 is 2.76 bits per heavy atom. The minimum absolute atomic E-state index is 0.199. The van der Waals surface area contributed by atoms with Crippen molar-refractivity contribution in [2.45, 2.75) is 6.42 Å². The molecule has 1 aliphatic rings. The third kappa shape index (κ3) is 4.79. The Morgan fingerprint density at radius 1 is 1.21 bits per heavy atom. The highest BCUT2D eigenvalue weighted by molar-refractivity contribution is 7.21. The molecule has 0 fully saturated rings. The van der Waals surface area contributed by atoms with Crippen molar-refractivity contribution >= 4 is 87.0 Å². The summed E-state index contributed by atoms with van der Waals surface area (Å²) in [7, 11) is 3.16. The molecule has 13 heteroatoms. The summed E-state index contributed by atoms with van der Waals surface area (Å²) in [5.74, 6) is 0.103. The van der Waals surface area contributed by atoms with Crippen LogP contribution < -0.4 is 20.9 Å². The summed E-state index contributed by atoms with van der Waals surface area (Å²) in [6, 6.07) is 5.53. The molecule has 0 spiro atoms. The van der Waals surface area contributed by atoms with E-state index in [0.717, 1.165) is 22.6 Å². The van der Waals surface area contributed by atoms with Gasteiger partial charge < -0.3 is 20.7 Å². The summed E-state index contributed by atoms with van der Waals surface area (Å²) < 4.78 is 5.68. The van der Waals surface area contributed by atoms with E-state index in [2.05, 4.69) is 25.9 Å². The SMILES string of the molecule is CNC(=O)c1c(Cl)sc(Cl)c1Nc1nc(Nc2ccc3c(c2)CCOC(=O)N3C)ncc1Cl. The van der Waals surface area contributed by atoms with Crippen LogP contribution in [0.25, 0.3) is 0 Å². The molecule has 3 N–H and O–H groups in total. The van der Waals surface area contributed by atoms with Crippen LogP contribution in [0.4, 0.5) is 33.6 Å². The van der Waals surface area contributed by atoms with E-state index < -0.39 is 12.0 Å². The molecule has 0 radical (unpaired) electrons. The quantitative estimate of drug-likeness (QED) is 0.403. The number of nitrogens with one attached hydrogen (secondary N) is 3. The number of fused-ring (bicyclic) bond motifs is 1. The number of hydrogen-bond acceptors (Lipinski definition) is 8. The van der Waals surface area contributed by atoms with Crippen LogP contribution in [0.1, 0.15) is 15.9 Å². The van der Waals surface area contributed by atoms with E-state index in [9.17, 15) is 9.59 Å². The van der Waals surface area contributed by atoms with Crippen molar-refractivity contribution < 1.29 is 14.3 Å². The van der Waals surface area contributed by atoms with Gasteiger partial charge in [-0.25, -0.2) is 9.78 Å². The molecule has 1 aliphatic heterocycles. The summed E-state index contributed by atoms with van der Waals surface area (Å²) in [5, 5.41) is 8.86. The number of amides is 2. The van der Waals surface area contributed by atoms with Gasteiger partial charge in [0.15, 0.2) is 5.82 Å². The van der Waals surface area contributed by atoms with Crippen LogP contribution >= 0.6 is 46.1 Å².